The van der Waals surface area contributed by atoms with Crippen LogP contribution in [0, 0.1) is 0 Å². The fourth-order valence-corrected chi connectivity index (χ4v) is 5.88. The van der Waals surface area contributed by atoms with Crippen molar-refractivity contribution in [2.45, 2.75) is 37.8 Å². The fourth-order valence-electron chi connectivity index (χ4n) is 4.32. The van der Waals surface area contributed by atoms with Crippen molar-refractivity contribution in [3.63, 3.8) is 0 Å². The third kappa shape index (κ3) is 8.37. The van der Waals surface area contributed by atoms with Gasteiger partial charge in [-0.05, 0) is 79.6 Å². The molecule has 0 aliphatic heterocycles. The van der Waals surface area contributed by atoms with E-state index < -0.39 is 28.5 Å². The Hall–Kier alpha value is -4.34. The third-order valence-electron chi connectivity index (χ3n) is 6.70. The summed E-state index contributed by atoms with van der Waals surface area (Å²) < 4.78 is 34.8. The lowest BCUT2D eigenvalue weighted by molar-refractivity contribution is -0.139. The van der Waals surface area contributed by atoms with Crippen LogP contribution in [0.3, 0.4) is 0 Å². The quantitative estimate of drug-likeness (QED) is 0.190. The Bertz CT molecular complexity index is 1600. The fraction of sp³-hybridized carbons (Fsp3) is 0.212. The second-order valence-electron chi connectivity index (χ2n) is 9.85. The molecule has 0 radical (unpaired) electrons. The molecule has 0 aliphatic rings. The molecule has 2 amide bonds. The van der Waals surface area contributed by atoms with E-state index in [1.165, 1.54) is 17.0 Å². The zero-order chi connectivity index (χ0) is 30.8. The van der Waals surface area contributed by atoms with Gasteiger partial charge in [-0.15, -0.1) is 0 Å². The number of nitrogens with one attached hydrogen (secondary N) is 1. The van der Waals surface area contributed by atoms with Crippen molar-refractivity contribution in [1.29, 1.82) is 0 Å². The van der Waals surface area contributed by atoms with Crippen LogP contribution in [0.1, 0.15) is 25.8 Å². The Balaban J connectivity index is 1.68. The van der Waals surface area contributed by atoms with E-state index >= 15 is 0 Å². The first-order chi connectivity index (χ1) is 20.7. The van der Waals surface area contributed by atoms with Crippen LogP contribution >= 0.6 is 11.6 Å². The number of nitrogens with zero attached hydrogens (tertiary/aromatic N) is 2. The minimum Gasteiger partial charge on any atom is -0.457 e. The highest BCUT2D eigenvalue weighted by atomic mass is 35.5. The highest BCUT2D eigenvalue weighted by molar-refractivity contribution is 7.92. The van der Waals surface area contributed by atoms with Crippen LogP contribution < -0.4 is 14.4 Å². The van der Waals surface area contributed by atoms with Crippen molar-refractivity contribution in [2.24, 2.45) is 0 Å². The summed E-state index contributed by atoms with van der Waals surface area (Å²) in [5, 5.41) is 3.37. The molecule has 0 fully saturated rings. The Kier molecular flexibility index (Phi) is 10.8. The van der Waals surface area contributed by atoms with E-state index in [2.05, 4.69) is 5.32 Å². The number of carbonyl (C=O) groups excluding carboxylic acids is 2. The summed E-state index contributed by atoms with van der Waals surface area (Å²) in [5.41, 5.74) is 1.01. The molecule has 8 nitrogen and oxygen atoms in total. The molecule has 0 heterocycles. The SMILES string of the molecule is CCCNC(=O)[C@H](C)N(Cc1ccc(Cl)cc1)C(=O)CN(c1ccc(Oc2ccccc2)cc1)S(=O)(=O)c1ccccc1. The van der Waals surface area contributed by atoms with Gasteiger partial charge in [-0.25, -0.2) is 8.42 Å². The molecule has 0 bridgehead atoms. The lowest BCUT2D eigenvalue weighted by atomic mass is 10.1. The Labute approximate surface area is 257 Å². The van der Waals surface area contributed by atoms with Gasteiger partial charge in [0.05, 0.1) is 10.6 Å². The first-order valence-corrected chi connectivity index (χ1v) is 15.7. The maximum Gasteiger partial charge on any atom is 0.264 e. The van der Waals surface area contributed by atoms with E-state index in [0.29, 0.717) is 23.1 Å². The molecule has 0 saturated carbocycles. The predicted molar refractivity (Wildman–Crippen MR) is 169 cm³/mol. The number of hydrogen-bond acceptors (Lipinski definition) is 5. The van der Waals surface area contributed by atoms with Crippen LogP contribution in [0.15, 0.2) is 114 Å². The van der Waals surface area contributed by atoms with E-state index in [-0.39, 0.29) is 23.0 Å². The number of para-hydroxylation sites is 1. The number of carbonyl (C=O) groups is 2. The number of ether oxygens (including phenoxy) is 1. The molecule has 0 unspecified atom stereocenters. The molecule has 0 spiro atoms. The summed E-state index contributed by atoms with van der Waals surface area (Å²) in [5.74, 6) is 0.263. The van der Waals surface area contributed by atoms with E-state index in [0.717, 1.165) is 16.3 Å². The Morgan fingerprint density at radius 1 is 0.837 bits per heavy atom. The smallest absolute Gasteiger partial charge is 0.264 e. The average Bonchev–Trinajstić information content (AvgIpc) is 3.03. The molecule has 1 atom stereocenters. The van der Waals surface area contributed by atoms with E-state index in [1.807, 2.05) is 37.3 Å². The van der Waals surface area contributed by atoms with Gasteiger partial charge in [-0.2, -0.15) is 0 Å². The van der Waals surface area contributed by atoms with Gasteiger partial charge >= 0.3 is 0 Å². The van der Waals surface area contributed by atoms with Crippen LogP contribution in [0.4, 0.5) is 5.69 Å². The van der Waals surface area contributed by atoms with Crippen LogP contribution in [0.5, 0.6) is 11.5 Å². The molecule has 4 aromatic carbocycles. The standard InChI is InChI=1S/C33H34ClN3O5S/c1-3-22-35-33(39)25(2)36(23-26-14-16-27(34)17-15-26)32(38)24-37(43(40,41)31-12-8-5-9-13-31)28-18-20-30(21-19-28)42-29-10-6-4-7-11-29/h4-21,25H,3,22-24H2,1-2H3,(H,35,39)/t25-/m0/s1. The average molecular weight is 620 g/mol. The number of anilines is 1. The molecule has 43 heavy (non-hydrogen) atoms. The number of hydrogen-bond donors (Lipinski definition) is 1. The predicted octanol–water partition coefficient (Wildman–Crippen LogP) is 6.27. The monoisotopic (exact) mass is 619 g/mol. The summed E-state index contributed by atoms with van der Waals surface area (Å²) in [4.78, 5) is 28.4. The van der Waals surface area contributed by atoms with Gasteiger partial charge in [0.25, 0.3) is 10.0 Å². The normalized spacial score (nSPS) is 11.8. The van der Waals surface area contributed by atoms with E-state index in [9.17, 15) is 18.0 Å². The third-order valence-corrected chi connectivity index (χ3v) is 8.74. The first kappa shape index (κ1) is 31.6. The zero-order valence-corrected chi connectivity index (χ0v) is 25.6. The van der Waals surface area contributed by atoms with Crippen molar-refractivity contribution in [1.82, 2.24) is 10.2 Å². The molecule has 224 valence electrons. The van der Waals surface area contributed by atoms with Gasteiger partial charge in [-0.3, -0.25) is 13.9 Å². The van der Waals surface area contributed by atoms with Crippen molar-refractivity contribution in [3.8, 4) is 11.5 Å². The number of halogens is 1. The lowest BCUT2D eigenvalue weighted by Crippen LogP contribution is -2.51. The Morgan fingerprint density at radius 2 is 1.42 bits per heavy atom. The molecule has 1 N–H and O–H groups in total. The molecule has 0 aliphatic carbocycles. The maximum atomic E-state index is 14.0. The van der Waals surface area contributed by atoms with Crippen LogP contribution in [0.25, 0.3) is 0 Å². The number of benzene rings is 4. The van der Waals surface area contributed by atoms with Gasteiger partial charge in [-0.1, -0.05) is 67.1 Å². The summed E-state index contributed by atoms with van der Waals surface area (Å²) in [6.45, 7) is 3.57. The van der Waals surface area contributed by atoms with Crippen molar-refractivity contribution >= 4 is 39.1 Å². The second-order valence-corrected chi connectivity index (χ2v) is 12.1. The molecule has 4 rings (SSSR count). The molecular weight excluding hydrogens is 586 g/mol. The van der Waals surface area contributed by atoms with Gasteiger partial charge in [0.2, 0.25) is 11.8 Å². The summed E-state index contributed by atoms with van der Waals surface area (Å²) in [6.07, 6.45) is 0.733. The van der Waals surface area contributed by atoms with Gasteiger partial charge in [0.1, 0.15) is 24.1 Å². The minimum atomic E-state index is -4.17. The molecule has 10 heteroatoms. The molecule has 0 aromatic heterocycles. The van der Waals surface area contributed by atoms with Gasteiger partial charge < -0.3 is 15.0 Å². The summed E-state index contributed by atoms with van der Waals surface area (Å²) >= 11 is 6.06. The van der Waals surface area contributed by atoms with Crippen LogP contribution in [0.2, 0.25) is 5.02 Å². The molecule has 0 saturated heterocycles. The van der Waals surface area contributed by atoms with Crippen molar-refractivity contribution in [3.05, 3.63) is 120 Å². The maximum absolute atomic E-state index is 14.0. The first-order valence-electron chi connectivity index (χ1n) is 13.9. The minimum absolute atomic E-state index is 0.0328. The van der Waals surface area contributed by atoms with Crippen LogP contribution in [-0.2, 0) is 26.2 Å². The van der Waals surface area contributed by atoms with E-state index in [4.69, 9.17) is 16.3 Å². The van der Waals surface area contributed by atoms with Gasteiger partial charge in [0, 0.05) is 18.1 Å². The molecule has 4 aromatic rings. The highest BCUT2D eigenvalue weighted by Gasteiger charge is 2.32. The largest absolute Gasteiger partial charge is 0.457 e. The highest BCUT2D eigenvalue weighted by Crippen LogP contribution is 2.28. The number of amides is 2. The number of rotatable bonds is 13. The zero-order valence-electron chi connectivity index (χ0n) is 24.0. The van der Waals surface area contributed by atoms with Gasteiger partial charge in [0.15, 0.2) is 0 Å². The number of sulfonamides is 1. The second kappa shape index (κ2) is 14.7. The van der Waals surface area contributed by atoms with Crippen molar-refractivity contribution in [2.75, 3.05) is 17.4 Å². The molecular formula is C33H34ClN3O5S. The van der Waals surface area contributed by atoms with E-state index in [1.54, 1.807) is 73.7 Å². The lowest BCUT2D eigenvalue weighted by Gasteiger charge is -2.32. The van der Waals surface area contributed by atoms with Crippen LogP contribution in [-0.4, -0.2) is 44.3 Å². The van der Waals surface area contributed by atoms with Crippen molar-refractivity contribution < 1.29 is 22.7 Å². The Morgan fingerprint density at radius 3 is 2.02 bits per heavy atom. The summed E-state index contributed by atoms with van der Waals surface area (Å²) in [7, 11) is -4.17. The summed E-state index contributed by atoms with van der Waals surface area (Å²) in [6, 6.07) is 29.7. The topological polar surface area (TPSA) is 96.0 Å².